The molecule has 1 fully saturated rings. The van der Waals surface area contributed by atoms with Gasteiger partial charge >= 0.3 is 5.97 Å². The third kappa shape index (κ3) is 4.52. The van der Waals surface area contributed by atoms with E-state index in [1.54, 1.807) is 25.1 Å². The van der Waals surface area contributed by atoms with Crippen LogP contribution in [-0.4, -0.2) is 60.0 Å². The molecule has 0 spiro atoms. The maximum absolute atomic E-state index is 11.7. The number of piperazine rings is 1. The van der Waals surface area contributed by atoms with Gasteiger partial charge in [-0.3, -0.25) is 4.79 Å². The molecule has 0 radical (unpaired) electrons. The van der Waals surface area contributed by atoms with Crippen molar-refractivity contribution in [1.82, 2.24) is 14.9 Å². The number of amides is 1. The van der Waals surface area contributed by atoms with Gasteiger partial charge in [-0.1, -0.05) is 6.07 Å². The zero-order valence-electron chi connectivity index (χ0n) is 15.7. The van der Waals surface area contributed by atoms with E-state index in [-0.39, 0.29) is 11.9 Å². The van der Waals surface area contributed by atoms with Crippen molar-refractivity contribution in [3.8, 4) is 0 Å². The molecule has 1 aliphatic rings. The summed E-state index contributed by atoms with van der Waals surface area (Å²) in [6.07, 6.45) is 0. The number of rotatable bonds is 4. The number of esters is 1. The van der Waals surface area contributed by atoms with Gasteiger partial charge < -0.3 is 19.9 Å². The van der Waals surface area contributed by atoms with Gasteiger partial charge in [0, 0.05) is 44.9 Å². The molecule has 1 saturated heterocycles. The van der Waals surface area contributed by atoms with Crippen LogP contribution in [0.4, 0.5) is 17.3 Å². The Morgan fingerprint density at radius 1 is 1.11 bits per heavy atom. The summed E-state index contributed by atoms with van der Waals surface area (Å²) < 4.78 is 4.76. The van der Waals surface area contributed by atoms with Crippen molar-refractivity contribution in [2.24, 2.45) is 0 Å². The fraction of sp³-hybridized carbons (Fsp3) is 0.368. The SMILES string of the molecule is COC(=O)c1cccc(Nc2cc(N3CCN(C(C)=O)CC3)nc(C)n2)c1. The minimum atomic E-state index is -0.387. The summed E-state index contributed by atoms with van der Waals surface area (Å²) in [5.41, 5.74) is 1.21. The first-order valence-electron chi connectivity index (χ1n) is 8.78. The maximum atomic E-state index is 11.7. The van der Waals surface area contributed by atoms with Gasteiger partial charge in [-0.25, -0.2) is 14.8 Å². The minimum absolute atomic E-state index is 0.0985. The second-order valence-electron chi connectivity index (χ2n) is 6.35. The normalized spacial score (nSPS) is 14.0. The first-order chi connectivity index (χ1) is 13.0. The molecule has 1 amide bonds. The summed E-state index contributed by atoms with van der Waals surface area (Å²) in [5.74, 6) is 1.82. The molecule has 1 aromatic heterocycles. The Labute approximate surface area is 158 Å². The molecule has 0 bridgehead atoms. The van der Waals surface area contributed by atoms with Crippen LogP contribution in [0.3, 0.4) is 0 Å². The summed E-state index contributed by atoms with van der Waals surface area (Å²) in [6.45, 7) is 6.26. The standard InChI is InChI=1S/C19H23N5O3/c1-13-20-17(22-16-6-4-5-15(11-16)19(26)27-3)12-18(21-13)24-9-7-23(8-10-24)14(2)25/h4-6,11-12H,7-10H2,1-3H3,(H,20,21,22). The maximum Gasteiger partial charge on any atom is 0.337 e. The average molecular weight is 369 g/mol. The fourth-order valence-corrected chi connectivity index (χ4v) is 3.02. The highest BCUT2D eigenvalue weighted by molar-refractivity contribution is 5.90. The number of nitrogens with one attached hydrogen (secondary N) is 1. The van der Waals surface area contributed by atoms with Crippen molar-refractivity contribution in [2.75, 3.05) is 43.5 Å². The zero-order valence-corrected chi connectivity index (χ0v) is 15.7. The van der Waals surface area contributed by atoms with Gasteiger partial charge in [-0.05, 0) is 25.1 Å². The third-order valence-electron chi connectivity index (χ3n) is 4.43. The topological polar surface area (TPSA) is 87.7 Å². The van der Waals surface area contributed by atoms with Crippen molar-refractivity contribution in [3.63, 3.8) is 0 Å². The van der Waals surface area contributed by atoms with E-state index in [9.17, 15) is 9.59 Å². The lowest BCUT2D eigenvalue weighted by molar-refractivity contribution is -0.129. The lowest BCUT2D eigenvalue weighted by atomic mass is 10.2. The molecular weight excluding hydrogens is 346 g/mol. The van der Waals surface area contributed by atoms with Crippen LogP contribution < -0.4 is 10.2 Å². The van der Waals surface area contributed by atoms with E-state index in [0.717, 1.165) is 24.6 Å². The molecule has 8 nitrogen and oxygen atoms in total. The molecule has 0 unspecified atom stereocenters. The average Bonchev–Trinajstić information content (AvgIpc) is 2.67. The van der Waals surface area contributed by atoms with Crippen LogP contribution >= 0.6 is 0 Å². The summed E-state index contributed by atoms with van der Waals surface area (Å²) in [5, 5.41) is 3.22. The molecular formula is C19H23N5O3. The highest BCUT2D eigenvalue weighted by atomic mass is 16.5. The van der Waals surface area contributed by atoms with Crippen LogP contribution in [-0.2, 0) is 9.53 Å². The predicted molar refractivity (Wildman–Crippen MR) is 102 cm³/mol. The number of aryl methyl sites for hydroxylation is 1. The highest BCUT2D eigenvalue weighted by Crippen LogP contribution is 2.22. The summed E-state index contributed by atoms with van der Waals surface area (Å²) in [6, 6.07) is 8.93. The smallest absolute Gasteiger partial charge is 0.337 e. The van der Waals surface area contributed by atoms with Gasteiger partial charge in [0.2, 0.25) is 5.91 Å². The van der Waals surface area contributed by atoms with Crippen LogP contribution in [0.25, 0.3) is 0 Å². The molecule has 0 saturated carbocycles. The number of nitrogens with zero attached hydrogens (tertiary/aromatic N) is 4. The molecule has 27 heavy (non-hydrogen) atoms. The number of hydrogen-bond acceptors (Lipinski definition) is 7. The Bertz CT molecular complexity index is 847. The number of carbonyl (C=O) groups excluding carboxylic acids is 2. The summed E-state index contributed by atoms with van der Waals surface area (Å²) >= 11 is 0. The number of anilines is 3. The van der Waals surface area contributed by atoms with Crippen molar-refractivity contribution >= 4 is 29.2 Å². The highest BCUT2D eigenvalue weighted by Gasteiger charge is 2.20. The number of ether oxygens (including phenoxy) is 1. The quantitative estimate of drug-likeness (QED) is 0.825. The Balaban J connectivity index is 1.76. The van der Waals surface area contributed by atoms with Gasteiger partial charge in [0.25, 0.3) is 0 Å². The monoisotopic (exact) mass is 369 g/mol. The zero-order chi connectivity index (χ0) is 19.4. The number of carbonyl (C=O) groups is 2. The van der Waals surface area contributed by atoms with E-state index in [2.05, 4.69) is 20.2 Å². The molecule has 0 atom stereocenters. The first-order valence-corrected chi connectivity index (χ1v) is 8.78. The summed E-state index contributed by atoms with van der Waals surface area (Å²) in [7, 11) is 1.36. The number of aromatic nitrogens is 2. The van der Waals surface area contributed by atoms with E-state index >= 15 is 0 Å². The summed E-state index contributed by atoms with van der Waals surface area (Å²) in [4.78, 5) is 36.1. The minimum Gasteiger partial charge on any atom is -0.465 e. The van der Waals surface area contributed by atoms with Crippen molar-refractivity contribution in [1.29, 1.82) is 0 Å². The molecule has 3 rings (SSSR count). The van der Waals surface area contributed by atoms with Crippen LogP contribution in [0.15, 0.2) is 30.3 Å². The van der Waals surface area contributed by atoms with Gasteiger partial charge in [-0.2, -0.15) is 0 Å². The van der Waals surface area contributed by atoms with Gasteiger partial charge in [0.05, 0.1) is 12.7 Å². The fourth-order valence-electron chi connectivity index (χ4n) is 3.02. The molecule has 1 N–H and O–H groups in total. The van der Waals surface area contributed by atoms with Crippen molar-refractivity contribution in [2.45, 2.75) is 13.8 Å². The van der Waals surface area contributed by atoms with Gasteiger partial charge in [-0.15, -0.1) is 0 Å². The van der Waals surface area contributed by atoms with Crippen molar-refractivity contribution < 1.29 is 14.3 Å². The van der Waals surface area contributed by atoms with E-state index in [1.165, 1.54) is 7.11 Å². The number of methoxy groups -OCH3 is 1. The van der Waals surface area contributed by atoms with Gasteiger partial charge in [0.15, 0.2) is 0 Å². The molecule has 1 aliphatic heterocycles. The predicted octanol–water partition coefficient (Wildman–Crippen LogP) is 1.98. The second kappa shape index (κ2) is 8.03. The van der Waals surface area contributed by atoms with Crippen LogP contribution in [0, 0.1) is 6.92 Å². The molecule has 0 aliphatic carbocycles. The Morgan fingerprint density at radius 3 is 2.52 bits per heavy atom. The van der Waals surface area contributed by atoms with Crippen molar-refractivity contribution in [3.05, 3.63) is 41.7 Å². The van der Waals surface area contributed by atoms with E-state index in [1.807, 2.05) is 24.0 Å². The lowest BCUT2D eigenvalue weighted by Crippen LogP contribution is -2.48. The molecule has 2 aromatic rings. The Hall–Kier alpha value is -3.16. The van der Waals surface area contributed by atoms with Crippen LogP contribution in [0.2, 0.25) is 0 Å². The third-order valence-corrected chi connectivity index (χ3v) is 4.43. The molecule has 8 heteroatoms. The Morgan fingerprint density at radius 2 is 1.85 bits per heavy atom. The van der Waals surface area contributed by atoms with E-state index in [4.69, 9.17) is 4.74 Å². The van der Waals surface area contributed by atoms with E-state index in [0.29, 0.717) is 30.3 Å². The molecule has 142 valence electrons. The first kappa shape index (κ1) is 18.6. The number of benzene rings is 1. The largest absolute Gasteiger partial charge is 0.465 e. The molecule has 2 heterocycles. The molecule has 1 aromatic carbocycles. The Kier molecular flexibility index (Phi) is 5.54. The van der Waals surface area contributed by atoms with Gasteiger partial charge in [0.1, 0.15) is 17.5 Å². The number of hydrogen-bond donors (Lipinski definition) is 1. The van der Waals surface area contributed by atoms with Crippen LogP contribution in [0.1, 0.15) is 23.1 Å². The van der Waals surface area contributed by atoms with Crippen LogP contribution in [0.5, 0.6) is 0 Å². The van der Waals surface area contributed by atoms with E-state index < -0.39 is 0 Å². The second-order valence-corrected chi connectivity index (χ2v) is 6.35. The lowest BCUT2D eigenvalue weighted by Gasteiger charge is -2.35.